The summed E-state index contributed by atoms with van der Waals surface area (Å²) in [6, 6.07) is 15.9. The van der Waals surface area contributed by atoms with E-state index in [-0.39, 0.29) is 0 Å². The summed E-state index contributed by atoms with van der Waals surface area (Å²) >= 11 is 0. The number of aromatic nitrogens is 2. The van der Waals surface area contributed by atoms with E-state index in [1.165, 1.54) is 43.2 Å². The molecule has 31 heavy (non-hydrogen) atoms. The number of rotatable bonds is 11. The molecule has 0 aliphatic carbocycles. The fourth-order valence-corrected chi connectivity index (χ4v) is 3.53. The number of benzene rings is 2. The summed E-state index contributed by atoms with van der Waals surface area (Å²) in [5.41, 5.74) is 4.04. The highest BCUT2D eigenvalue weighted by Crippen LogP contribution is 2.19. The van der Waals surface area contributed by atoms with Crippen molar-refractivity contribution in [1.82, 2.24) is 9.97 Å². The van der Waals surface area contributed by atoms with Crippen molar-refractivity contribution in [3.63, 3.8) is 0 Å². The number of aryl methyl sites for hydroxylation is 2. The van der Waals surface area contributed by atoms with E-state index in [9.17, 15) is 4.79 Å². The molecule has 0 unspecified atom stereocenters. The van der Waals surface area contributed by atoms with E-state index in [1.54, 1.807) is 12.4 Å². The van der Waals surface area contributed by atoms with E-state index in [0.29, 0.717) is 17.1 Å². The molecule has 3 rings (SSSR count). The second-order valence-corrected chi connectivity index (χ2v) is 7.94. The van der Waals surface area contributed by atoms with Crippen LogP contribution in [0.15, 0.2) is 60.9 Å². The van der Waals surface area contributed by atoms with Gasteiger partial charge in [0.25, 0.3) is 0 Å². The molecule has 0 spiro atoms. The summed E-state index contributed by atoms with van der Waals surface area (Å²) in [5.74, 6) is 0.567. The van der Waals surface area contributed by atoms with Gasteiger partial charge in [0, 0.05) is 5.56 Å². The van der Waals surface area contributed by atoms with Crippen LogP contribution in [0.1, 0.15) is 73.9 Å². The summed E-state index contributed by atoms with van der Waals surface area (Å²) in [4.78, 5) is 21.1. The van der Waals surface area contributed by atoms with Gasteiger partial charge < -0.3 is 4.74 Å². The number of hydrogen-bond acceptors (Lipinski definition) is 4. The minimum Gasteiger partial charge on any atom is -0.420 e. The molecule has 0 aliphatic heterocycles. The second-order valence-electron chi connectivity index (χ2n) is 7.94. The highest BCUT2D eigenvalue weighted by Gasteiger charge is 2.10. The summed E-state index contributed by atoms with van der Waals surface area (Å²) in [5, 5.41) is 0. The maximum atomic E-state index is 12.4. The summed E-state index contributed by atoms with van der Waals surface area (Å²) < 4.78 is 5.44. The molecule has 4 heteroatoms. The van der Waals surface area contributed by atoms with E-state index >= 15 is 0 Å². The molecule has 0 saturated carbocycles. The van der Waals surface area contributed by atoms with Gasteiger partial charge in [-0.25, -0.2) is 14.8 Å². The van der Waals surface area contributed by atoms with Gasteiger partial charge in [-0.05, 0) is 42.5 Å². The molecule has 162 valence electrons. The molecular formula is C27H32N2O2. The van der Waals surface area contributed by atoms with E-state index in [1.807, 2.05) is 36.4 Å². The van der Waals surface area contributed by atoms with Crippen molar-refractivity contribution >= 4 is 5.97 Å². The Morgan fingerprint density at radius 3 is 2.00 bits per heavy atom. The SMILES string of the molecule is CCCCCCCc1ccc(C(=O)Oc2cnc(-c3ccc(CCC)cc3)nc2)cc1. The highest BCUT2D eigenvalue weighted by molar-refractivity contribution is 5.91. The topological polar surface area (TPSA) is 52.1 Å². The van der Waals surface area contributed by atoms with Crippen LogP contribution in [-0.4, -0.2) is 15.9 Å². The Morgan fingerprint density at radius 1 is 0.742 bits per heavy atom. The normalized spacial score (nSPS) is 10.8. The smallest absolute Gasteiger partial charge is 0.343 e. The number of ether oxygens (including phenoxy) is 1. The average molecular weight is 417 g/mol. The Balaban J connectivity index is 1.53. The van der Waals surface area contributed by atoms with Gasteiger partial charge in [-0.2, -0.15) is 0 Å². The van der Waals surface area contributed by atoms with Crippen molar-refractivity contribution in [3.05, 3.63) is 77.6 Å². The first-order valence-electron chi connectivity index (χ1n) is 11.4. The van der Waals surface area contributed by atoms with Crippen molar-refractivity contribution < 1.29 is 9.53 Å². The molecule has 0 radical (unpaired) electrons. The predicted octanol–water partition coefficient (Wildman–Crippen LogP) is 6.83. The zero-order chi connectivity index (χ0) is 21.9. The molecule has 0 bridgehead atoms. The Kier molecular flexibility index (Phi) is 8.77. The zero-order valence-electron chi connectivity index (χ0n) is 18.6. The molecule has 0 saturated heterocycles. The minimum absolute atomic E-state index is 0.344. The molecule has 0 fully saturated rings. The Labute approximate surface area is 185 Å². The zero-order valence-corrected chi connectivity index (χ0v) is 18.6. The summed E-state index contributed by atoms with van der Waals surface area (Å²) in [6.07, 6.45) is 12.6. The largest absolute Gasteiger partial charge is 0.420 e. The maximum Gasteiger partial charge on any atom is 0.343 e. The van der Waals surface area contributed by atoms with E-state index in [0.717, 1.165) is 24.8 Å². The molecule has 2 aromatic carbocycles. The number of unbranched alkanes of at least 4 members (excludes halogenated alkanes) is 4. The third kappa shape index (κ3) is 7.02. The Bertz CT molecular complexity index is 932. The van der Waals surface area contributed by atoms with Crippen molar-refractivity contribution in [3.8, 4) is 17.1 Å². The number of hydrogen-bond donors (Lipinski definition) is 0. The lowest BCUT2D eigenvalue weighted by atomic mass is 10.0. The molecule has 0 N–H and O–H groups in total. The molecule has 0 amide bonds. The van der Waals surface area contributed by atoms with Crippen molar-refractivity contribution in [2.24, 2.45) is 0 Å². The first-order chi connectivity index (χ1) is 15.2. The molecule has 0 aliphatic rings. The summed E-state index contributed by atoms with van der Waals surface area (Å²) in [6.45, 7) is 4.39. The van der Waals surface area contributed by atoms with Gasteiger partial charge in [0.1, 0.15) is 0 Å². The monoisotopic (exact) mass is 416 g/mol. The number of nitrogens with zero attached hydrogens (tertiary/aromatic N) is 2. The van der Waals surface area contributed by atoms with Gasteiger partial charge in [-0.3, -0.25) is 0 Å². The molecule has 1 aromatic heterocycles. The quantitative estimate of drug-likeness (QED) is 0.254. The van der Waals surface area contributed by atoms with Crippen LogP contribution >= 0.6 is 0 Å². The molecular weight excluding hydrogens is 384 g/mol. The molecule has 4 nitrogen and oxygen atoms in total. The van der Waals surface area contributed by atoms with Crippen LogP contribution in [0.5, 0.6) is 5.75 Å². The molecule has 0 atom stereocenters. The van der Waals surface area contributed by atoms with Crippen LogP contribution in [0.4, 0.5) is 0 Å². The van der Waals surface area contributed by atoms with Crippen LogP contribution in [0.2, 0.25) is 0 Å². The Morgan fingerprint density at radius 2 is 1.35 bits per heavy atom. The lowest BCUT2D eigenvalue weighted by Gasteiger charge is -2.07. The lowest BCUT2D eigenvalue weighted by molar-refractivity contribution is 0.0733. The lowest BCUT2D eigenvalue weighted by Crippen LogP contribution is -2.09. The molecule has 3 aromatic rings. The van der Waals surface area contributed by atoms with Crippen LogP contribution in [0.3, 0.4) is 0 Å². The van der Waals surface area contributed by atoms with E-state index in [2.05, 4.69) is 35.9 Å². The first kappa shape index (κ1) is 22.7. The van der Waals surface area contributed by atoms with Crippen molar-refractivity contribution in [2.45, 2.75) is 65.2 Å². The predicted molar refractivity (Wildman–Crippen MR) is 125 cm³/mol. The number of carbonyl (C=O) groups is 1. The van der Waals surface area contributed by atoms with E-state index in [4.69, 9.17) is 4.74 Å². The first-order valence-corrected chi connectivity index (χ1v) is 11.4. The number of carbonyl (C=O) groups excluding carboxylic acids is 1. The molecule has 1 heterocycles. The fraction of sp³-hybridized carbons (Fsp3) is 0.370. The highest BCUT2D eigenvalue weighted by atomic mass is 16.5. The van der Waals surface area contributed by atoms with Gasteiger partial charge in [-0.15, -0.1) is 0 Å². The van der Waals surface area contributed by atoms with Gasteiger partial charge in [0.2, 0.25) is 0 Å². The summed E-state index contributed by atoms with van der Waals surface area (Å²) in [7, 11) is 0. The third-order valence-electron chi connectivity index (χ3n) is 5.35. The van der Waals surface area contributed by atoms with Crippen molar-refractivity contribution in [1.29, 1.82) is 0 Å². The maximum absolute atomic E-state index is 12.4. The van der Waals surface area contributed by atoms with E-state index < -0.39 is 5.97 Å². The number of esters is 1. The second kappa shape index (κ2) is 12.0. The van der Waals surface area contributed by atoms with Crippen LogP contribution in [-0.2, 0) is 12.8 Å². The van der Waals surface area contributed by atoms with Crippen LogP contribution in [0.25, 0.3) is 11.4 Å². The van der Waals surface area contributed by atoms with Crippen LogP contribution in [0, 0.1) is 0 Å². The minimum atomic E-state index is -0.394. The average Bonchev–Trinajstić information content (AvgIpc) is 2.81. The van der Waals surface area contributed by atoms with Gasteiger partial charge in [-0.1, -0.05) is 82.3 Å². The third-order valence-corrected chi connectivity index (χ3v) is 5.35. The van der Waals surface area contributed by atoms with Gasteiger partial charge in [0.05, 0.1) is 18.0 Å². The van der Waals surface area contributed by atoms with Crippen LogP contribution < -0.4 is 4.74 Å². The van der Waals surface area contributed by atoms with Crippen molar-refractivity contribution in [2.75, 3.05) is 0 Å². The van der Waals surface area contributed by atoms with Gasteiger partial charge in [0.15, 0.2) is 11.6 Å². The standard InChI is InChI=1S/C27H32N2O2/c1-3-5-6-7-8-10-22-13-17-24(18-14-22)27(30)31-25-19-28-26(29-20-25)23-15-11-21(9-4-2)12-16-23/h11-20H,3-10H2,1-2H3. The van der Waals surface area contributed by atoms with Gasteiger partial charge >= 0.3 is 5.97 Å². The Hall–Kier alpha value is -3.01. The fourth-order valence-electron chi connectivity index (χ4n) is 3.53.